The summed E-state index contributed by atoms with van der Waals surface area (Å²) in [6, 6.07) is 21.6. The Morgan fingerprint density at radius 1 is 0.486 bits per heavy atom. The average molecular weight is 503 g/mol. The zero-order valence-electron chi connectivity index (χ0n) is 24.1. The molecule has 0 bridgehead atoms. The van der Waals surface area contributed by atoms with Crippen LogP contribution >= 0.6 is 0 Å². The molecular formula is C36H54O. The fourth-order valence-electron chi connectivity index (χ4n) is 4.76. The summed E-state index contributed by atoms with van der Waals surface area (Å²) in [5.41, 5.74) is 2.70. The molecule has 0 radical (unpaired) electrons. The molecule has 0 aromatic heterocycles. The van der Waals surface area contributed by atoms with E-state index in [4.69, 9.17) is 4.74 Å². The van der Waals surface area contributed by atoms with Crippen molar-refractivity contribution in [3.8, 4) is 0 Å². The number of rotatable bonds is 22. The summed E-state index contributed by atoms with van der Waals surface area (Å²) in [7, 11) is 0. The minimum Gasteiger partial charge on any atom is -0.467 e. The fraction of sp³-hybridized carbons (Fsp3) is 0.556. The molecule has 0 aliphatic heterocycles. The molecule has 0 amide bonds. The van der Waals surface area contributed by atoms with Gasteiger partial charge in [0.15, 0.2) is 0 Å². The largest absolute Gasteiger partial charge is 0.467 e. The van der Waals surface area contributed by atoms with Crippen LogP contribution in [0.3, 0.4) is 0 Å². The van der Waals surface area contributed by atoms with E-state index in [-0.39, 0.29) is 0 Å². The lowest BCUT2D eigenvalue weighted by atomic mass is 10.1. The lowest BCUT2D eigenvalue weighted by Gasteiger charge is -2.15. The summed E-state index contributed by atoms with van der Waals surface area (Å²) in [6.07, 6.45) is 27.3. The summed E-state index contributed by atoms with van der Waals surface area (Å²) < 4.78 is 6.71. The van der Waals surface area contributed by atoms with Gasteiger partial charge in [-0.25, -0.2) is 0 Å². The van der Waals surface area contributed by atoms with Gasteiger partial charge in [0.1, 0.15) is 0 Å². The molecule has 0 saturated carbocycles. The molecule has 1 nitrogen and oxygen atoms in total. The van der Waals surface area contributed by atoms with Crippen LogP contribution < -0.4 is 0 Å². The number of hydrogen-bond donors (Lipinski definition) is 0. The second-order valence-electron chi connectivity index (χ2n) is 10.6. The monoisotopic (exact) mass is 502 g/mol. The quantitative estimate of drug-likeness (QED) is 0.115. The third-order valence-electron chi connectivity index (χ3n) is 7.13. The van der Waals surface area contributed by atoms with Gasteiger partial charge in [0.05, 0.1) is 11.5 Å². The zero-order chi connectivity index (χ0) is 26.2. The molecule has 0 aliphatic carbocycles. The van der Waals surface area contributed by atoms with Gasteiger partial charge in [-0.1, -0.05) is 152 Å². The van der Waals surface area contributed by atoms with Crippen LogP contribution in [-0.2, 0) is 17.6 Å². The van der Waals surface area contributed by atoms with Gasteiger partial charge in [-0.3, -0.25) is 0 Å². The molecule has 0 spiro atoms. The molecule has 2 aromatic carbocycles. The highest BCUT2D eigenvalue weighted by Gasteiger charge is 2.06. The Kier molecular flexibility index (Phi) is 18.2. The Balaban J connectivity index is 1.98. The maximum atomic E-state index is 6.71. The smallest absolute Gasteiger partial charge is 0.0999 e. The van der Waals surface area contributed by atoms with E-state index in [1.165, 1.54) is 113 Å². The minimum absolute atomic E-state index is 0.941. The molecule has 2 aromatic rings. The van der Waals surface area contributed by atoms with Crippen LogP contribution in [-0.4, -0.2) is 0 Å². The highest BCUT2D eigenvalue weighted by Crippen LogP contribution is 2.22. The third kappa shape index (κ3) is 16.2. The molecule has 37 heavy (non-hydrogen) atoms. The molecule has 0 saturated heterocycles. The van der Waals surface area contributed by atoms with Crippen molar-refractivity contribution in [3.05, 3.63) is 95.5 Å². The second-order valence-corrected chi connectivity index (χ2v) is 10.6. The molecular weight excluding hydrogens is 448 g/mol. The van der Waals surface area contributed by atoms with Crippen molar-refractivity contribution in [3.63, 3.8) is 0 Å². The second kappa shape index (κ2) is 21.8. The SMILES string of the molecule is CCCCCCCCCC(=CCc1ccccc1)OC(=CCc1ccccc1)CCCCCCCCC. The standard InChI is InChI=1S/C36H54O/c1-3-5-7-9-11-13-21-27-35(31-29-33-23-17-15-18-24-33)37-36(28-22-14-12-10-8-6-4-2)32-30-34-25-19-16-20-26-34/h15-20,23-26,31-32H,3-14,21-22,27-30H2,1-2H3. The highest BCUT2D eigenvalue weighted by molar-refractivity contribution is 5.20. The van der Waals surface area contributed by atoms with Gasteiger partial charge in [0.2, 0.25) is 0 Å². The molecule has 0 aliphatic rings. The Labute approximate surface area is 229 Å². The summed E-state index contributed by atoms with van der Waals surface area (Å²) in [6.45, 7) is 4.58. The molecule has 0 fully saturated rings. The van der Waals surface area contributed by atoms with Crippen molar-refractivity contribution in [1.82, 2.24) is 0 Å². The van der Waals surface area contributed by atoms with Crippen molar-refractivity contribution >= 4 is 0 Å². The number of allylic oxidation sites excluding steroid dienone is 4. The predicted molar refractivity (Wildman–Crippen MR) is 163 cm³/mol. The van der Waals surface area contributed by atoms with E-state index < -0.39 is 0 Å². The number of ether oxygens (including phenoxy) is 1. The minimum atomic E-state index is 0.941. The van der Waals surface area contributed by atoms with Crippen molar-refractivity contribution < 1.29 is 4.74 Å². The summed E-state index contributed by atoms with van der Waals surface area (Å²) in [5.74, 6) is 2.33. The van der Waals surface area contributed by atoms with E-state index in [9.17, 15) is 0 Å². The number of hydrogen-bond acceptors (Lipinski definition) is 1. The first kappa shape index (κ1) is 30.9. The fourth-order valence-corrected chi connectivity index (χ4v) is 4.76. The summed E-state index contributed by atoms with van der Waals surface area (Å²) in [4.78, 5) is 0. The van der Waals surface area contributed by atoms with Crippen molar-refractivity contribution in [1.29, 1.82) is 0 Å². The van der Waals surface area contributed by atoms with E-state index in [0.29, 0.717) is 0 Å². The normalized spacial score (nSPS) is 12.2. The van der Waals surface area contributed by atoms with E-state index in [1.54, 1.807) is 0 Å². The van der Waals surface area contributed by atoms with Crippen LogP contribution in [0, 0.1) is 0 Å². The van der Waals surface area contributed by atoms with Crippen LogP contribution in [0.2, 0.25) is 0 Å². The molecule has 0 heterocycles. The van der Waals surface area contributed by atoms with Gasteiger partial charge < -0.3 is 4.74 Å². The van der Waals surface area contributed by atoms with E-state index in [1.807, 2.05) is 0 Å². The molecule has 0 atom stereocenters. The van der Waals surface area contributed by atoms with Gasteiger partial charge in [0.25, 0.3) is 0 Å². The molecule has 204 valence electrons. The van der Waals surface area contributed by atoms with Gasteiger partial charge in [0, 0.05) is 12.8 Å². The molecule has 0 unspecified atom stereocenters. The molecule has 0 N–H and O–H groups in total. The summed E-state index contributed by atoms with van der Waals surface area (Å²) in [5, 5.41) is 0. The van der Waals surface area contributed by atoms with Crippen LogP contribution in [0.1, 0.15) is 128 Å². The zero-order valence-corrected chi connectivity index (χ0v) is 24.1. The Hall–Kier alpha value is -2.28. The summed E-state index contributed by atoms with van der Waals surface area (Å²) >= 11 is 0. The van der Waals surface area contributed by atoms with Crippen LogP contribution in [0.25, 0.3) is 0 Å². The average Bonchev–Trinajstić information content (AvgIpc) is 2.94. The third-order valence-corrected chi connectivity index (χ3v) is 7.13. The molecule has 2 rings (SSSR count). The van der Waals surface area contributed by atoms with Gasteiger partial charge in [-0.05, 0) is 49.0 Å². The molecule has 1 heteroatoms. The van der Waals surface area contributed by atoms with Gasteiger partial charge >= 0.3 is 0 Å². The van der Waals surface area contributed by atoms with Gasteiger partial charge in [-0.2, -0.15) is 0 Å². The van der Waals surface area contributed by atoms with Crippen LogP contribution in [0.5, 0.6) is 0 Å². The highest BCUT2D eigenvalue weighted by atomic mass is 16.5. The first-order valence-electron chi connectivity index (χ1n) is 15.5. The first-order chi connectivity index (χ1) is 18.3. The predicted octanol–water partition coefficient (Wildman–Crippen LogP) is 11.5. The first-order valence-corrected chi connectivity index (χ1v) is 15.5. The van der Waals surface area contributed by atoms with Crippen LogP contribution in [0.4, 0.5) is 0 Å². The van der Waals surface area contributed by atoms with Crippen molar-refractivity contribution in [2.75, 3.05) is 0 Å². The van der Waals surface area contributed by atoms with Crippen molar-refractivity contribution in [2.24, 2.45) is 0 Å². The number of benzene rings is 2. The maximum Gasteiger partial charge on any atom is 0.0999 e. The Bertz CT molecular complexity index is 762. The van der Waals surface area contributed by atoms with E-state index in [0.717, 1.165) is 25.7 Å². The lowest BCUT2D eigenvalue weighted by molar-refractivity contribution is 0.267. The van der Waals surface area contributed by atoms with Crippen molar-refractivity contribution in [2.45, 2.75) is 129 Å². The van der Waals surface area contributed by atoms with Gasteiger partial charge in [-0.15, -0.1) is 0 Å². The topological polar surface area (TPSA) is 9.23 Å². The van der Waals surface area contributed by atoms with E-state index in [2.05, 4.69) is 86.7 Å². The lowest BCUT2D eigenvalue weighted by Crippen LogP contribution is -1.98. The van der Waals surface area contributed by atoms with Crippen LogP contribution in [0.15, 0.2) is 84.3 Å². The number of unbranched alkanes of at least 4 members (excludes halogenated alkanes) is 12. The Morgan fingerprint density at radius 2 is 0.838 bits per heavy atom. The van der Waals surface area contributed by atoms with E-state index >= 15 is 0 Å². The maximum absolute atomic E-state index is 6.71. The Morgan fingerprint density at radius 3 is 1.22 bits per heavy atom.